The molecule has 0 saturated heterocycles. The Kier molecular flexibility index (Phi) is 64.0. The van der Waals surface area contributed by atoms with Gasteiger partial charge in [0.25, 0.3) is 0 Å². The molecule has 0 unspecified atom stereocenters. The van der Waals surface area contributed by atoms with E-state index in [0.29, 0.717) is 19.3 Å². The molecule has 0 atom stereocenters. The van der Waals surface area contributed by atoms with Crippen LogP contribution in [0, 0.1) is 0 Å². The molecule has 398 valence electrons. The van der Waals surface area contributed by atoms with Crippen LogP contribution >= 0.6 is 0 Å². The Balaban J connectivity index is -0.00000809. The fraction of sp³-hybridized carbons (Fsp3) is 0.931. The van der Waals surface area contributed by atoms with Gasteiger partial charge in [-0.2, -0.15) is 0 Å². The zero-order valence-electron chi connectivity index (χ0n) is 45.3. The minimum Gasteiger partial charge on any atom is -0.652 e. The van der Waals surface area contributed by atoms with Crippen molar-refractivity contribution in [3.8, 4) is 0 Å². The normalized spacial score (nSPS) is 10.9. The summed E-state index contributed by atoms with van der Waals surface area (Å²) >= 11 is 0. The maximum absolute atomic E-state index is 12.8. The Labute approximate surface area is 436 Å². The molecule has 0 heterocycles. The standard InChI is InChI=1S/C57H110O6.CH2O3.Mg/c1-4-7-10-13-16-19-22-25-28-31-34-37-40-43-46-49-55(58)61-52-54(63-57(60)51-48-45-42-39-36-33-30-27-24-21-18-15-12-9-6-3)53-62-56(59)50-47-44-41-38-35-32-29-26-23-20-17-14-11-8-5-2;2-1(3)4;/h54H,4-53H2,1-3H3;(H2,2,3,4);/q;;+2/p-2. The minimum atomic E-state index is -2.33. The summed E-state index contributed by atoms with van der Waals surface area (Å²) in [4.78, 5) is 46.4. The predicted octanol–water partition coefficient (Wildman–Crippen LogP) is 15.9. The van der Waals surface area contributed by atoms with Gasteiger partial charge < -0.3 is 29.2 Å². The van der Waals surface area contributed by atoms with Gasteiger partial charge in [-0.05, 0) is 25.4 Å². The van der Waals surface area contributed by atoms with Crippen molar-refractivity contribution in [1.29, 1.82) is 0 Å². The van der Waals surface area contributed by atoms with Gasteiger partial charge in [-0.3, -0.25) is 14.4 Å². The van der Waals surface area contributed by atoms with Gasteiger partial charge in [-0.1, -0.05) is 290 Å². The quantitative estimate of drug-likeness (QED) is 0.0252. The van der Waals surface area contributed by atoms with Crippen LogP contribution in [0.25, 0.3) is 0 Å². The van der Waals surface area contributed by atoms with Crippen molar-refractivity contribution in [2.24, 2.45) is 0 Å². The van der Waals surface area contributed by atoms with Gasteiger partial charge in [0.2, 0.25) is 0 Å². The van der Waals surface area contributed by atoms with Gasteiger partial charge in [-0.15, -0.1) is 0 Å². The number of rotatable bonds is 53. The summed E-state index contributed by atoms with van der Waals surface area (Å²) in [5.74, 6) is -0.832. The van der Waals surface area contributed by atoms with Crippen molar-refractivity contribution in [3.05, 3.63) is 0 Å². The third-order valence-corrected chi connectivity index (χ3v) is 13.1. The molecule has 0 rings (SSSR count). The fourth-order valence-corrected chi connectivity index (χ4v) is 8.80. The molecule has 0 radical (unpaired) electrons. The summed E-state index contributed by atoms with van der Waals surface area (Å²) in [6.07, 6.45) is 55.7. The molecule has 9 nitrogen and oxygen atoms in total. The molecule has 0 aromatic rings. The summed E-state index contributed by atoms with van der Waals surface area (Å²) in [7, 11) is 0. The molecule has 68 heavy (non-hydrogen) atoms. The van der Waals surface area contributed by atoms with Crippen LogP contribution in [-0.4, -0.2) is 66.4 Å². The van der Waals surface area contributed by atoms with E-state index in [4.69, 9.17) is 29.2 Å². The molecule has 0 saturated carbocycles. The van der Waals surface area contributed by atoms with Gasteiger partial charge in [0.15, 0.2) is 6.10 Å². The van der Waals surface area contributed by atoms with E-state index < -0.39 is 12.3 Å². The van der Waals surface area contributed by atoms with E-state index in [1.807, 2.05) is 0 Å². The smallest absolute Gasteiger partial charge is 0.652 e. The molecule has 0 amide bonds. The maximum atomic E-state index is 12.8. The summed E-state index contributed by atoms with van der Waals surface area (Å²) in [5, 5.41) is 16.7. The number of hydrogen-bond acceptors (Lipinski definition) is 9. The largest absolute Gasteiger partial charge is 2.00 e. The van der Waals surface area contributed by atoms with Crippen molar-refractivity contribution >= 4 is 47.1 Å². The Morgan fingerprint density at radius 3 is 0.647 bits per heavy atom. The van der Waals surface area contributed by atoms with Crippen LogP contribution in [0.1, 0.15) is 329 Å². The van der Waals surface area contributed by atoms with Crippen molar-refractivity contribution in [2.75, 3.05) is 13.2 Å². The van der Waals surface area contributed by atoms with Crippen molar-refractivity contribution in [1.82, 2.24) is 0 Å². The predicted molar refractivity (Wildman–Crippen MR) is 282 cm³/mol. The molecular weight excluding hydrogens is 865 g/mol. The average Bonchev–Trinajstić information content (AvgIpc) is 3.30. The second-order valence-corrected chi connectivity index (χ2v) is 19.8. The summed E-state index contributed by atoms with van der Waals surface area (Å²) < 4.78 is 16.9. The van der Waals surface area contributed by atoms with E-state index >= 15 is 0 Å². The maximum Gasteiger partial charge on any atom is 2.00 e. The van der Waals surface area contributed by atoms with E-state index in [1.165, 1.54) is 231 Å². The molecular formula is C58H110MgO9. The Morgan fingerprint density at radius 2 is 0.456 bits per heavy atom. The molecule has 0 spiro atoms. The number of ether oxygens (including phenoxy) is 3. The first-order chi connectivity index (χ1) is 32.8. The van der Waals surface area contributed by atoms with Crippen LogP contribution in [0.5, 0.6) is 0 Å². The molecule has 0 aromatic carbocycles. The molecule has 0 aliphatic rings. The number of hydrogen-bond donors (Lipinski definition) is 0. The number of unbranched alkanes of at least 4 members (excludes halogenated alkanes) is 42. The van der Waals surface area contributed by atoms with Crippen LogP contribution in [0.3, 0.4) is 0 Å². The third kappa shape index (κ3) is 64.4. The van der Waals surface area contributed by atoms with Gasteiger partial charge in [0.1, 0.15) is 13.2 Å². The van der Waals surface area contributed by atoms with Crippen LogP contribution in [-0.2, 0) is 28.6 Å². The first-order valence-corrected chi connectivity index (χ1v) is 29.1. The SMILES string of the molecule is CCCCCCCCCCCCCCCCCC(=O)OCC(COC(=O)CCCCCCCCCCCCCCCCC)OC(=O)CCCCCCCCCCCCCCCCC.O=C([O-])[O-].[Mg+2]. The average molecular weight is 976 g/mol. The molecule has 0 aliphatic heterocycles. The third-order valence-electron chi connectivity index (χ3n) is 13.1. The van der Waals surface area contributed by atoms with Crippen LogP contribution < -0.4 is 10.2 Å². The van der Waals surface area contributed by atoms with Gasteiger partial charge in [0.05, 0.1) is 0 Å². The minimum absolute atomic E-state index is 0. The first kappa shape index (κ1) is 70.7. The zero-order chi connectivity index (χ0) is 49.4. The van der Waals surface area contributed by atoms with E-state index in [-0.39, 0.29) is 54.2 Å². The number of esters is 3. The Hall–Kier alpha value is -1.55. The van der Waals surface area contributed by atoms with E-state index in [2.05, 4.69) is 20.8 Å². The topological polar surface area (TPSA) is 142 Å². The van der Waals surface area contributed by atoms with Crippen LogP contribution in [0.2, 0.25) is 0 Å². The second-order valence-electron chi connectivity index (χ2n) is 19.8. The molecule has 0 fully saturated rings. The van der Waals surface area contributed by atoms with Crippen LogP contribution in [0.15, 0.2) is 0 Å². The van der Waals surface area contributed by atoms with E-state index in [0.717, 1.165) is 57.8 Å². The number of carbonyl (C=O) groups excluding carboxylic acids is 4. The molecule has 0 aromatic heterocycles. The first-order valence-electron chi connectivity index (χ1n) is 29.1. The zero-order valence-corrected chi connectivity index (χ0v) is 46.7. The van der Waals surface area contributed by atoms with Gasteiger partial charge >= 0.3 is 41.0 Å². The van der Waals surface area contributed by atoms with Crippen molar-refractivity contribution < 1.29 is 43.6 Å². The molecule has 0 bridgehead atoms. The Bertz CT molecular complexity index is 987. The van der Waals surface area contributed by atoms with E-state index in [9.17, 15) is 14.4 Å². The summed E-state index contributed by atoms with van der Waals surface area (Å²) in [5.41, 5.74) is 0. The molecule has 0 N–H and O–H groups in total. The summed E-state index contributed by atoms with van der Waals surface area (Å²) in [6.45, 7) is 6.71. The number of carbonyl (C=O) groups is 4. The van der Waals surface area contributed by atoms with Gasteiger partial charge in [-0.25, -0.2) is 0 Å². The molecule has 0 aliphatic carbocycles. The van der Waals surface area contributed by atoms with Crippen molar-refractivity contribution in [2.45, 2.75) is 335 Å². The summed E-state index contributed by atoms with van der Waals surface area (Å²) in [6, 6.07) is 0. The van der Waals surface area contributed by atoms with Crippen molar-refractivity contribution in [3.63, 3.8) is 0 Å². The Morgan fingerprint density at radius 1 is 0.294 bits per heavy atom. The second kappa shape index (κ2) is 61.6. The number of carboxylic acid groups (broad SMARTS) is 2. The van der Waals surface area contributed by atoms with E-state index in [1.54, 1.807) is 0 Å². The fourth-order valence-electron chi connectivity index (χ4n) is 8.80. The van der Waals surface area contributed by atoms with Crippen LogP contribution in [0.4, 0.5) is 4.79 Å². The molecule has 10 heteroatoms. The van der Waals surface area contributed by atoms with Gasteiger partial charge in [0, 0.05) is 19.3 Å². The monoisotopic (exact) mass is 975 g/mol.